The molecule has 0 aliphatic rings. The van der Waals surface area contributed by atoms with Crippen LogP contribution in [0.25, 0.3) is 6.08 Å². The molecular weight excluding hydrogens is 190 g/mol. The molecule has 3 nitrogen and oxygen atoms in total. The first kappa shape index (κ1) is 11.3. The van der Waals surface area contributed by atoms with Crippen LogP contribution in [0.4, 0.5) is 4.79 Å². The molecular formula is C12H15NO2. The summed E-state index contributed by atoms with van der Waals surface area (Å²) in [5.74, 6) is 0. The molecule has 15 heavy (non-hydrogen) atoms. The summed E-state index contributed by atoms with van der Waals surface area (Å²) in [5, 5.41) is 2.61. The van der Waals surface area contributed by atoms with E-state index in [1.54, 1.807) is 6.92 Å². The van der Waals surface area contributed by atoms with Crippen molar-refractivity contribution in [2.45, 2.75) is 6.92 Å². The van der Waals surface area contributed by atoms with E-state index in [0.717, 1.165) is 5.56 Å². The summed E-state index contributed by atoms with van der Waals surface area (Å²) in [7, 11) is 0. The first-order chi connectivity index (χ1) is 7.33. The summed E-state index contributed by atoms with van der Waals surface area (Å²) in [6, 6.07) is 9.91. The zero-order valence-corrected chi connectivity index (χ0v) is 8.77. The van der Waals surface area contributed by atoms with Gasteiger partial charge in [-0.05, 0) is 12.5 Å². The first-order valence-electron chi connectivity index (χ1n) is 4.95. The van der Waals surface area contributed by atoms with Crippen molar-refractivity contribution in [3.05, 3.63) is 42.0 Å². The zero-order chi connectivity index (χ0) is 10.9. The predicted molar refractivity (Wildman–Crippen MR) is 60.5 cm³/mol. The third-order valence-corrected chi connectivity index (χ3v) is 1.75. The summed E-state index contributed by atoms with van der Waals surface area (Å²) in [6.07, 6.45) is 3.45. The van der Waals surface area contributed by atoms with Gasteiger partial charge in [0.1, 0.15) is 0 Å². The van der Waals surface area contributed by atoms with E-state index in [9.17, 15) is 4.79 Å². The first-order valence-corrected chi connectivity index (χ1v) is 4.95. The lowest BCUT2D eigenvalue weighted by atomic mass is 10.2. The highest BCUT2D eigenvalue weighted by atomic mass is 16.5. The van der Waals surface area contributed by atoms with Crippen LogP contribution >= 0.6 is 0 Å². The van der Waals surface area contributed by atoms with Crippen LogP contribution in [0.15, 0.2) is 36.4 Å². The third kappa shape index (κ3) is 4.86. The summed E-state index contributed by atoms with van der Waals surface area (Å²) in [4.78, 5) is 10.9. The molecule has 0 spiro atoms. The Hall–Kier alpha value is -1.77. The Bertz CT molecular complexity index is 320. The van der Waals surface area contributed by atoms with Gasteiger partial charge in [-0.25, -0.2) is 4.79 Å². The summed E-state index contributed by atoms with van der Waals surface area (Å²) < 4.78 is 4.71. The molecule has 0 saturated heterocycles. The Kier molecular flexibility index (Phi) is 5.01. The number of alkyl carbamates (subject to hydrolysis) is 1. The van der Waals surface area contributed by atoms with Crippen LogP contribution < -0.4 is 5.32 Å². The maximum atomic E-state index is 10.9. The number of benzene rings is 1. The van der Waals surface area contributed by atoms with Gasteiger partial charge in [0, 0.05) is 6.54 Å². The second kappa shape index (κ2) is 6.65. The normalized spacial score (nSPS) is 10.2. The maximum absolute atomic E-state index is 10.9. The highest BCUT2D eigenvalue weighted by Gasteiger charge is 1.94. The number of hydrogen-bond donors (Lipinski definition) is 1. The zero-order valence-electron chi connectivity index (χ0n) is 8.77. The van der Waals surface area contributed by atoms with E-state index in [1.807, 2.05) is 42.5 Å². The fraction of sp³-hybridized carbons (Fsp3) is 0.250. The number of hydrogen-bond acceptors (Lipinski definition) is 2. The van der Waals surface area contributed by atoms with Crippen LogP contribution in [0.1, 0.15) is 12.5 Å². The molecule has 1 amide bonds. The van der Waals surface area contributed by atoms with Gasteiger partial charge in [0.15, 0.2) is 0 Å². The van der Waals surface area contributed by atoms with E-state index in [2.05, 4.69) is 5.32 Å². The standard InChI is InChI=1S/C12H15NO2/c1-2-15-12(14)13-10-6-9-11-7-4-3-5-8-11/h3-9H,2,10H2,1H3,(H,13,14)/b9-6+. The fourth-order valence-electron chi connectivity index (χ4n) is 1.08. The number of carbonyl (C=O) groups excluding carboxylic acids is 1. The highest BCUT2D eigenvalue weighted by Crippen LogP contribution is 1.99. The van der Waals surface area contributed by atoms with Gasteiger partial charge >= 0.3 is 6.09 Å². The van der Waals surface area contributed by atoms with Crippen molar-refractivity contribution >= 4 is 12.2 Å². The molecule has 1 rings (SSSR count). The molecule has 0 unspecified atom stereocenters. The molecule has 1 N–H and O–H groups in total. The Morgan fingerprint density at radius 1 is 1.40 bits per heavy atom. The third-order valence-electron chi connectivity index (χ3n) is 1.75. The van der Waals surface area contributed by atoms with E-state index in [0.29, 0.717) is 13.2 Å². The second-order valence-electron chi connectivity index (χ2n) is 2.91. The van der Waals surface area contributed by atoms with Crippen molar-refractivity contribution < 1.29 is 9.53 Å². The van der Waals surface area contributed by atoms with Gasteiger partial charge < -0.3 is 10.1 Å². The summed E-state index contributed by atoms with van der Waals surface area (Å²) in [5.41, 5.74) is 1.11. The van der Waals surface area contributed by atoms with E-state index < -0.39 is 0 Å². The molecule has 1 aromatic rings. The Labute approximate surface area is 89.8 Å². The SMILES string of the molecule is CCOC(=O)NC/C=C/c1ccccc1. The Morgan fingerprint density at radius 2 is 2.13 bits per heavy atom. The number of nitrogens with one attached hydrogen (secondary N) is 1. The lowest BCUT2D eigenvalue weighted by Crippen LogP contribution is -2.24. The number of amides is 1. The van der Waals surface area contributed by atoms with Crippen molar-refractivity contribution in [3.63, 3.8) is 0 Å². The van der Waals surface area contributed by atoms with Crippen molar-refractivity contribution in [2.24, 2.45) is 0 Å². The van der Waals surface area contributed by atoms with Crippen molar-refractivity contribution in [3.8, 4) is 0 Å². The second-order valence-corrected chi connectivity index (χ2v) is 2.91. The molecule has 80 valence electrons. The molecule has 0 atom stereocenters. The monoisotopic (exact) mass is 205 g/mol. The van der Waals surface area contributed by atoms with Crippen molar-refractivity contribution in [1.82, 2.24) is 5.32 Å². The summed E-state index contributed by atoms with van der Waals surface area (Å²) >= 11 is 0. The number of ether oxygens (including phenoxy) is 1. The average Bonchev–Trinajstić information content (AvgIpc) is 2.26. The number of rotatable bonds is 4. The molecule has 0 saturated carbocycles. The van der Waals surface area contributed by atoms with Gasteiger partial charge in [-0.2, -0.15) is 0 Å². The molecule has 0 fully saturated rings. The molecule has 0 aliphatic heterocycles. The van der Waals surface area contributed by atoms with Gasteiger partial charge in [-0.1, -0.05) is 42.5 Å². The van der Waals surface area contributed by atoms with Crippen LogP contribution in [-0.2, 0) is 4.74 Å². The quantitative estimate of drug-likeness (QED) is 0.819. The smallest absolute Gasteiger partial charge is 0.407 e. The van der Waals surface area contributed by atoms with Gasteiger partial charge in [0.2, 0.25) is 0 Å². The summed E-state index contributed by atoms with van der Waals surface area (Å²) in [6.45, 7) is 2.65. The lowest BCUT2D eigenvalue weighted by Gasteiger charge is -2.01. The number of carbonyl (C=O) groups is 1. The minimum atomic E-state index is -0.379. The molecule has 0 aliphatic carbocycles. The minimum absolute atomic E-state index is 0.379. The highest BCUT2D eigenvalue weighted by molar-refractivity contribution is 5.67. The lowest BCUT2D eigenvalue weighted by molar-refractivity contribution is 0.153. The maximum Gasteiger partial charge on any atom is 0.407 e. The van der Waals surface area contributed by atoms with E-state index in [1.165, 1.54) is 0 Å². The molecule has 0 bridgehead atoms. The van der Waals surface area contributed by atoms with Crippen LogP contribution in [0, 0.1) is 0 Å². The Balaban J connectivity index is 2.26. The van der Waals surface area contributed by atoms with E-state index >= 15 is 0 Å². The van der Waals surface area contributed by atoms with Crippen LogP contribution in [0.3, 0.4) is 0 Å². The van der Waals surface area contributed by atoms with Crippen LogP contribution in [0.2, 0.25) is 0 Å². The van der Waals surface area contributed by atoms with Crippen LogP contribution in [-0.4, -0.2) is 19.2 Å². The van der Waals surface area contributed by atoms with Crippen LogP contribution in [0.5, 0.6) is 0 Å². The Morgan fingerprint density at radius 3 is 2.80 bits per heavy atom. The van der Waals surface area contributed by atoms with Gasteiger partial charge in [0.25, 0.3) is 0 Å². The molecule has 0 aromatic heterocycles. The molecule has 3 heteroatoms. The largest absolute Gasteiger partial charge is 0.450 e. The minimum Gasteiger partial charge on any atom is -0.450 e. The van der Waals surface area contributed by atoms with Crippen molar-refractivity contribution in [2.75, 3.05) is 13.2 Å². The van der Waals surface area contributed by atoms with Gasteiger partial charge in [0.05, 0.1) is 6.61 Å². The molecule has 1 aromatic carbocycles. The average molecular weight is 205 g/mol. The molecule has 0 radical (unpaired) electrons. The van der Waals surface area contributed by atoms with Gasteiger partial charge in [-0.15, -0.1) is 0 Å². The molecule has 0 heterocycles. The predicted octanol–water partition coefficient (Wildman–Crippen LogP) is 2.45. The fourth-order valence-corrected chi connectivity index (χ4v) is 1.08. The topological polar surface area (TPSA) is 38.3 Å². The van der Waals surface area contributed by atoms with Gasteiger partial charge in [-0.3, -0.25) is 0 Å². The van der Waals surface area contributed by atoms with E-state index in [4.69, 9.17) is 4.74 Å². The van der Waals surface area contributed by atoms with E-state index in [-0.39, 0.29) is 6.09 Å². The van der Waals surface area contributed by atoms with Crippen molar-refractivity contribution in [1.29, 1.82) is 0 Å².